The average Bonchev–Trinajstić information content (AvgIpc) is 3.34. The summed E-state index contributed by atoms with van der Waals surface area (Å²) in [6.45, 7) is 2.23. The van der Waals surface area contributed by atoms with Crippen LogP contribution in [0.2, 0.25) is 0 Å². The van der Waals surface area contributed by atoms with Gasteiger partial charge in [-0.15, -0.1) is 23.2 Å². The number of hydrogen-bond acceptors (Lipinski definition) is 4. The number of alkyl halides is 2. The fraction of sp³-hybridized carbons (Fsp3) is 0.500. The lowest BCUT2D eigenvalue weighted by Crippen LogP contribution is -2.13. The second kappa shape index (κ2) is 9.71. The van der Waals surface area contributed by atoms with E-state index in [4.69, 9.17) is 27.9 Å². The largest absolute Gasteiger partial charge is 0.426 e. The third-order valence-corrected chi connectivity index (χ3v) is 5.80. The number of aromatic nitrogens is 2. The van der Waals surface area contributed by atoms with E-state index in [-0.39, 0.29) is 0 Å². The number of aryl methyl sites for hydroxylation is 1. The predicted octanol–water partition coefficient (Wildman–Crippen LogP) is 6.15. The molecule has 0 bridgehead atoms. The van der Waals surface area contributed by atoms with Crippen LogP contribution < -0.4 is 4.74 Å². The number of nitrogens with zero attached hydrogens (tertiary/aromatic N) is 2. The van der Waals surface area contributed by atoms with Crippen LogP contribution in [0.3, 0.4) is 0 Å². The number of halogens is 2. The van der Waals surface area contributed by atoms with Gasteiger partial charge in [0, 0.05) is 18.0 Å². The molecule has 0 N–H and O–H groups in total. The van der Waals surface area contributed by atoms with Crippen molar-refractivity contribution in [2.75, 3.05) is 0 Å². The molecule has 1 aliphatic rings. The summed E-state index contributed by atoms with van der Waals surface area (Å²) in [5.74, 6) is 0.280. The van der Waals surface area contributed by atoms with Crippen LogP contribution in [-0.4, -0.2) is 20.3 Å². The minimum Gasteiger partial charge on any atom is -0.426 e. The number of benzene rings is 1. The zero-order valence-electron chi connectivity index (χ0n) is 16.2. The maximum atomic E-state index is 11.9. The predicted molar refractivity (Wildman–Crippen MR) is 113 cm³/mol. The molecule has 3 rings (SSSR count). The summed E-state index contributed by atoms with van der Waals surface area (Å²) in [4.78, 5) is 20.9. The van der Waals surface area contributed by atoms with E-state index >= 15 is 0 Å². The van der Waals surface area contributed by atoms with E-state index in [0.717, 1.165) is 12.0 Å². The van der Waals surface area contributed by atoms with Crippen molar-refractivity contribution < 1.29 is 9.53 Å². The van der Waals surface area contributed by atoms with Gasteiger partial charge in [0.1, 0.15) is 10.1 Å². The molecule has 0 saturated heterocycles. The summed E-state index contributed by atoms with van der Waals surface area (Å²) in [7, 11) is 0. The van der Waals surface area contributed by atoms with Crippen molar-refractivity contribution in [2.24, 2.45) is 5.92 Å². The molecule has 1 fully saturated rings. The van der Waals surface area contributed by atoms with Crippen LogP contribution in [0.5, 0.6) is 5.75 Å². The summed E-state index contributed by atoms with van der Waals surface area (Å²) in [6, 6.07) is 7.14. The number of ether oxygens (including phenoxy) is 1. The molecule has 6 heteroatoms. The van der Waals surface area contributed by atoms with Crippen molar-refractivity contribution in [3.63, 3.8) is 0 Å². The Bertz CT molecular complexity index is 776. The first kappa shape index (κ1) is 21.1. The van der Waals surface area contributed by atoms with Crippen LogP contribution in [0.15, 0.2) is 36.7 Å². The number of esters is 1. The molecule has 1 aromatic heterocycles. The summed E-state index contributed by atoms with van der Waals surface area (Å²) < 4.78 is 4.34. The highest BCUT2D eigenvalue weighted by Crippen LogP contribution is 2.53. The molecule has 1 aliphatic carbocycles. The smallest absolute Gasteiger partial charge is 0.317 e. The van der Waals surface area contributed by atoms with Gasteiger partial charge in [0.2, 0.25) is 0 Å². The van der Waals surface area contributed by atoms with Gasteiger partial charge >= 0.3 is 5.97 Å². The quantitative estimate of drug-likeness (QED) is 0.200. The van der Waals surface area contributed by atoms with Gasteiger partial charge in [-0.25, -0.2) is 9.97 Å². The zero-order chi connectivity index (χ0) is 20.0. The molecule has 0 unspecified atom stereocenters. The molecular weight excluding hydrogens is 395 g/mol. The number of hydrogen-bond donors (Lipinski definition) is 0. The third kappa shape index (κ3) is 5.92. The first-order valence-electron chi connectivity index (χ1n) is 10.0. The Morgan fingerprint density at radius 1 is 1.07 bits per heavy atom. The first-order valence-corrected chi connectivity index (χ1v) is 10.8. The van der Waals surface area contributed by atoms with Crippen molar-refractivity contribution >= 4 is 29.2 Å². The summed E-state index contributed by atoms with van der Waals surface area (Å²) in [5.41, 5.74) is 2.04. The number of unbranched alkanes of at least 4 members (excludes halogenated alkanes) is 5. The standard InChI is InChI=1S/C22H26Cl2N2O2/c1-2-3-4-5-6-7-8-16-14-25-20(26-15-16)17-9-11-18(12-10-17)28-21(27)19-13-22(19,23)24/h9-12,14-15,19H,2-8,13H2,1H3/t19-/m1/s1. The minimum absolute atomic E-state index is 0.395. The topological polar surface area (TPSA) is 52.1 Å². The van der Waals surface area contributed by atoms with Crippen LogP contribution in [0, 0.1) is 5.92 Å². The van der Waals surface area contributed by atoms with Gasteiger partial charge in [-0.05, 0) is 49.1 Å². The van der Waals surface area contributed by atoms with Crippen LogP contribution in [0.25, 0.3) is 11.4 Å². The fourth-order valence-electron chi connectivity index (χ4n) is 3.07. The van der Waals surface area contributed by atoms with Gasteiger partial charge in [-0.3, -0.25) is 4.79 Å². The molecule has 2 aromatic rings. The van der Waals surface area contributed by atoms with E-state index in [2.05, 4.69) is 16.9 Å². The lowest BCUT2D eigenvalue weighted by molar-refractivity contribution is -0.135. The zero-order valence-corrected chi connectivity index (χ0v) is 17.7. The number of carbonyl (C=O) groups excluding carboxylic acids is 1. The van der Waals surface area contributed by atoms with Crippen LogP contribution in [0.1, 0.15) is 57.4 Å². The van der Waals surface area contributed by atoms with Crippen molar-refractivity contribution in [1.82, 2.24) is 9.97 Å². The Morgan fingerprint density at radius 2 is 1.68 bits per heavy atom. The third-order valence-electron chi connectivity index (χ3n) is 4.97. The van der Waals surface area contributed by atoms with E-state index in [9.17, 15) is 4.79 Å². The Kier molecular flexibility index (Phi) is 7.30. The monoisotopic (exact) mass is 420 g/mol. The van der Waals surface area contributed by atoms with Crippen molar-refractivity contribution in [3.05, 3.63) is 42.2 Å². The lowest BCUT2D eigenvalue weighted by Gasteiger charge is -2.06. The molecule has 0 radical (unpaired) electrons. The molecular formula is C22H26Cl2N2O2. The molecule has 28 heavy (non-hydrogen) atoms. The second-order valence-electron chi connectivity index (χ2n) is 7.40. The Hall–Kier alpha value is -1.65. The highest BCUT2D eigenvalue weighted by atomic mass is 35.5. The van der Waals surface area contributed by atoms with E-state index in [0.29, 0.717) is 18.0 Å². The normalized spacial score (nSPS) is 17.3. The van der Waals surface area contributed by atoms with Gasteiger partial charge in [0.25, 0.3) is 0 Å². The van der Waals surface area contributed by atoms with Gasteiger partial charge in [-0.1, -0.05) is 39.0 Å². The SMILES string of the molecule is CCCCCCCCc1cnc(-c2ccc(OC(=O)[C@H]3CC3(Cl)Cl)cc2)nc1. The molecule has 1 atom stereocenters. The highest BCUT2D eigenvalue weighted by Gasteiger charge is 2.57. The van der Waals surface area contributed by atoms with E-state index in [1.165, 1.54) is 44.1 Å². The molecule has 4 nitrogen and oxygen atoms in total. The van der Waals surface area contributed by atoms with Crippen molar-refractivity contribution in [1.29, 1.82) is 0 Å². The Balaban J connectivity index is 1.48. The Morgan fingerprint density at radius 3 is 2.29 bits per heavy atom. The van der Waals surface area contributed by atoms with Gasteiger partial charge in [0.15, 0.2) is 5.82 Å². The number of carbonyl (C=O) groups is 1. The first-order chi connectivity index (χ1) is 13.5. The minimum atomic E-state index is -0.970. The van der Waals surface area contributed by atoms with Crippen LogP contribution in [-0.2, 0) is 11.2 Å². The summed E-state index contributed by atoms with van der Waals surface area (Å²) >= 11 is 11.8. The molecule has 0 amide bonds. The fourth-order valence-corrected chi connectivity index (χ4v) is 3.56. The highest BCUT2D eigenvalue weighted by molar-refractivity contribution is 6.52. The van der Waals surface area contributed by atoms with E-state index in [1.54, 1.807) is 12.1 Å². The second-order valence-corrected chi connectivity index (χ2v) is 8.94. The van der Waals surface area contributed by atoms with E-state index < -0.39 is 16.2 Å². The Labute approximate surface area is 176 Å². The maximum absolute atomic E-state index is 11.9. The van der Waals surface area contributed by atoms with Crippen molar-refractivity contribution in [3.8, 4) is 17.1 Å². The van der Waals surface area contributed by atoms with Gasteiger partial charge in [-0.2, -0.15) is 0 Å². The maximum Gasteiger partial charge on any atom is 0.317 e. The average molecular weight is 421 g/mol. The molecule has 0 aliphatic heterocycles. The lowest BCUT2D eigenvalue weighted by atomic mass is 10.1. The van der Waals surface area contributed by atoms with Crippen molar-refractivity contribution in [2.45, 2.75) is 62.6 Å². The van der Waals surface area contributed by atoms with Gasteiger partial charge in [0.05, 0.1) is 5.92 Å². The molecule has 0 spiro atoms. The summed E-state index contributed by atoms with van der Waals surface area (Å²) in [6.07, 6.45) is 12.9. The molecule has 150 valence electrons. The molecule has 1 heterocycles. The molecule has 1 saturated carbocycles. The van der Waals surface area contributed by atoms with Crippen LogP contribution >= 0.6 is 23.2 Å². The van der Waals surface area contributed by atoms with E-state index in [1.807, 2.05) is 24.5 Å². The number of rotatable bonds is 10. The molecule has 1 aromatic carbocycles. The van der Waals surface area contributed by atoms with Gasteiger partial charge < -0.3 is 4.74 Å². The van der Waals surface area contributed by atoms with Crippen LogP contribution in [0.4, 0.5) is 0 Å². The summed E-state index contributed by atoms with van der Waals surface area (Å²) in [5, 5.41) is 0.